The van der Waals surface area contributed by atoms with Crippen molar-refractivity contribution in [2.24, 2.45) is 0 Å². The molecule has 1 heterocycles. The van der Waals surface area contributed by atoms with Crippen LogP contribution in [-0.4, -0.2) is 30.0 Å². The third kappa shape index (κ3) is 4.35. The number of benzene rings is 1. The smallest absolute Gasteiger partial charge is 0.0762 e. The summed E-state index contributed by atoms with van der Waals surface area (Å²) in [6.07, 6.45) is 1.97. The molecule has 1 aromatic heterocycles. The van der Waals surface area contributed by atoms with E-state index in [1.165, 1.54) is 0 Å². The molecule has 102 valence electrons. The summed E-state index contributed by atoms with van der Waals surface area (Å²) in [5, 5.41) is 8.54. The topological polar surface area (TPSA) is 39.1 Å². The molecule has 0 saturated heterocycles. The Bertz CT molecular complexity index is 513. The van der Waals surface area contributed by atoms with Crippen LogP contribution in [0.3, 0.4) is 0 Å². The molecule has 0 atom stereocenters. The van der Waals surface area contributed by atoms with Crippen molar-refractivity contribution >= 4 is 11.6 Å². The first kappa shape index (κ1) is 14.1. The maximum Gasteiger partial charge on any atom is 0.0762 e. The number of nitrogens with zero attached hydrogens (tertiary/aromatic N) is 2. The Morgan fingerprint density at radius 3 is 2.95 bits per heavy atom. The molecule has 1 aromatic carbocycles. The second-order valence-electron chi connectivity index (χ2n) is 4.27. The van der Waals surface area contributed by atoms with Gasteiger partial charge in [-0.05, 0) is 17.7 Å². The summed E-state index contributed by atoms with van der Waals surface area (Å²) in [5.74, 6) is 0. The van der Waals surface area contributed by atoms with Crippen LogP contribution < -0.4 is 5.32 Å². The highest BCUT2D eigenvalue weighted by molar-refractivity contribution is 6.31. The van der Waals surface area contributed by atoms with Crippen LogP contribution in [0.15, 0.2) is 36.5 Å². The monoisotopic (exact) mass is 279 g/mol. The zero-order valence-electron chi connectivity index (χ0n) is 11.0. The Morgan fingerprint density at radius 1 is 1.32 bits per heavy atom. The number of hydrogen-bond acceptors (Lipinski definition) is 3. The number of aromatic nitrogens is 2. The third-order valence-corrected chi connectivity index (χ3v) is 3.14. The lowest BCUT2D eigenvalue weighted by molar-refractivity contribution is 0.199. The fraction of sp³-hybridized carbons (Fsp3) is 0.357. The van der Waals surface area contributed by atoms with E-state index in [0.29, 0.717) is 13.2 Å². The van der Waals surface area contributed by atoms with E-state index in [9.17, 15) is 0 Å². The van der Waals surface area contributed by atoms with Gasteiger partial charge < -0.3 is 10.1 Å². The molecule has 0 aliphatic carbocycles. The number of methoxy groups -OCH3 is 1. The summed E-state index contributed by atoms with van der Waals surface area (Å²) in [6.45, 7) is 2.98. The number of ether oxygens (including phenoxy) is 1. The van der Waals surface area contributed by atoms with Gasteiger partial charge in [0.1, 0.15) is 0 Å². The molecule has 0 aliphatic rings. The van der Waals surface area contributed by atoms with Crippen LogP contribution in [0.2, 0.25) is 5.02 Å². The standard InChI is InChI=1S/C14H18ClN3O/c1-19-9-7-16-10-13-6-8-18(17-13)11-12-4-2-3-5-14(12)15/h2-6,8,16H,7,9-11H2,1H3. The van der Waals surface area contributed by atoms with Gasteiger partial charge in [-0.2, -0.15) is 5.10 Å². The molecule has 5 heteroatoms. The van der Waals surface area contributed by atoms with Crippen molar-refractivity contribution < 1.29 is 4.74 Å². The Labute approximate surface area is 118 Å². The van der Waals surface area contributed by atoms with E-state index in [-0.39, 0.29) is 0 Å². The fourth-order valence-corrected chi connectivity index (χ4v) is 1.97. The van der Waals surface area contributed by atoms with Crippen molar-refractivity contribution in [3.8, 4) is 0 Å². The molecule has 0 amide bonds. The number of halogens is 1. The van der Waals surface area contributed by atoms with Crippen LogP contribution >= 0.6 is 11.6 Å². The van der Waals surface area contributed by atoms with Crippen molar-refractivity contribution in [3.63, 3.8) is 0 Å². The minimum absolute atomic E-state index is 0.692. The lowest BCUT2D eigenvalue weighted by atomic mass is 10.2. The SMILES string of the molecule is COCCNCc1ccn(Cc2ccccc2Cl)n1. The van der Waals surface area contributed by atoms with Crippen LogP contribution in [0.4, 0.5) is 0 Å². The highest BCUT2D eigenvalue weighted by Gasteiger charge is 2.02. The van der Waals surface area contributed by atoms with Crippen molar-refractivity contribution in [2.45, 2.75) is 13.1 Å². The summed E-state index contributed by atoms with van der Waals surface area (Å²) in [4.78, 5) is 0. The zero-order chi connectivity index (χ0) is 13.5. The van der Waals surface area contributed by atoms with Gasteiger partial charge >= 0.3 is 0 Å². The van der Waals surface area contributed by atoms with Gasteiger partial charge in [0.2, 0.25) is 0 Å². The van der Waals surface area contributed by atoms with E-state index in [0.717, 1.165) is 29.4 Å². The first-order chi connectivity index (χ1) is 9.29. The molecule has 0 unspecified atom stereocenters. The Balaban J connectivity index is 1.89. The van der Waals surface area contributed by atoms with Gasteiger partial charge in [-0.15, -0.1) is 0 Å². The van der Waals surface area contributed by atoms with Crippen molar-refractivity contribution in [1.29, 1.82) is 0 Å². The first-order valence-electron chi connectivity index (χ1n) is 6.25. The average molecular weight is 280 g/mol. The molecule has 1 N–H and O–H groups in total. The maximum absolute atomic E-state index is 6.13. The highest BCUT2D eigenvalue weighted by Crippen LogP contribution is 2.15. The molecular weight excluding hydrogens is 262 g/mol. The zero-order valence-corrected chi connectivity index (χ0v) is 11.7. The summed E-state index contributed by atoms with van der Waals surface area (Å²) in [6, 6.07) is 9.84. The molecule has 2 rings (SSSR count). The quantitative estimate of drug-likeness (QED) is 0.791. The minimum atomic E-state index is 0.692. The molecule has 0 radical (unpaired) electrons. The third-order valence-electron chi connectivity index (χ3n) is 2.78. The molecular formula is C14H18ClN3O. The molecule has 0 aliphatic heterocycles. The van der Waals surface area contributed by atoms with Gasteiger partial charge in [0, 0.05) is 31.4 Å². The van der Waals surface area contributed by atoms with E-state index >= 15 is 0 Å². The molecule has 19 heavy (non-hydrogen) atoms. The lowest BCUT2D eigenvalue weighted by Gasteiger charge is -2.04. The largest absolute Gasteiger partial charge is 0.383 e. The van der Waals surface area contributed by atoms with E-state index in [1.54, 1.807) is 7.11 Å². The number of rotatable bonds is 7. The minimum Gasteiger partial charge on any atom is -0.383 e. The predicted octanol–water partition coefficient (Wildman–Crippen LogP) is 2.32. The van der Waals surface area contributed by atoms with Crippen LogP contribution in [-0.2, 0) is 17.8 Å². The van der Waals surface area contributed by atoms with Crippen LogP contribution in [0.25, 0.3) is 0 Å². The van der Waals surface area contributed by atoms with Gasteiger partial charge in [0.05, 0.1) is 18.8 Å². The summed E-state index contributed by atoms with van der Waals surface area (Å²) in [7, 11) is 1.69. The van der Waals surface area contributed by atoms with Gasteiger partial charge in [0.15, 0.2) is 0 Å². The fourth-order valence-electron chi connectivity index (χ4n) is 1.78. The first-order valence-corrected chi connectivity index (χ1v) is 6.63. The van der Waals surface area contributed by atoms with E-state index < -0.39 is 0 Å². The highest BCUT2D eigenvalue weighted by atomic mass is 35.5. The lowest BCUT2D eigenvalue weighted by Crippen LogP contribution is -2.19. The second kappa shape index (κ2) is 7.28. The molecule has 0 saturated carbocycles. The number of hydrogen-bond donors (Lipinski definition) is 1. The molecule has 0 bridgehead atoms. The number of nitrogens with one attached hydrogen (secondary N) is 1. The van der Waals surface area contributed by atoms with Gasteiger partial charge in [-0.1, -0.05) is 29.8 Å². The predicted molar refractivity (Wildman–Crippen MR) is 76.4 cm³/mol. The van der Waals surface area contributed by atoms with Crippen molar-refractivity contribution in [1.82, 2.24) is 15.1 Å². The second-order valence-corrected chi connectivity index (χ2v) is 4.67. The maximum atomic E-state index is 6.13. The normalized spacial score (nSPS) is 10.8. The van der Waals surface area contributed by atoms with Crippen LogP contribution in [0.1, 0.15) is 11.3 Å². The van der Waals surface area contributed by atoms with E-state index in [4.69, 9.17) is 16.3 Å². The molecule has 4 nitrogen and oxygen atoms in total. The van der Waals surface area contributed by atoms with E-state index in [1.807, 2.05) is 41.2 Å². The molecule has 0 fully saturated rings. The van der Waals surface area contributed by atoms with Crippen LogP contribution in [0, 0.1) is 0 Å². The Morgan fingerprint density at radius 2 is 2.16 bits per heavy atom. The van der Waals surface area contributed by atoms with Crippen molar-refractivity contribution in [3.05, 3.63) is 52.8 Å². The summed E-state index contributed by atoms with van der Waals surface area (Å²) >= 11 is 6.13. The van der Waals surface area contributed by atoms with Crippen molar-refractivity contribution in [2.75, 3.05) is 20.3 Å². The van der Waals surface area contributed by atoms with E-state index in [2.05, 4.69) is 10.4 Å². The average Bonchev–Trinajstić information content (AvgIpc) is 2.85. The molecule has 0 spiro atoms. The summed E-state index contributed by atoms with van der Waals surface area (Å²) < 4.78 is 6.87. The van der Waals surface area contributed by atoms with Crippen LogP contribution in [0.5, 0.6) is 0 Å². The Kier molecular flexibility index (Phi) is 5.39. The van der Waals surface area contributed by atoms with Gasteiger partial charge in [-0.25, -0.2) is 0 Å². The van der Waals surface area contributed by atoms with Gasteiger partial charge in [0.25, 0.3) is 0 Å². The van der Waals surface area contributed by atoms with Gasteiger partial charge in [-0.3, -0.25) is 4.68 Å². The Hall–Kier alpha value is -1.36. The summed E-state index contributed by atoms with van der Waals surface area (Å²) in [5.41, 5.74) is 2.09. The molecule has 2 aromatic rings.